The molecule has 51 heavy (non-hydrogen) atoms. The highest BCUT2D eigenvalue weighted by Gasteiger charge is 2.51. The first-order chi connectivity index (χ1) is 24.6. The van der Waals surface area contributed by atoms with Gasteiger partial charge in [-0.05, 0) is 34.3 Å². The summed E-state index contributed by atoms with van der Waals surface area (Å²) in [4.78, 5) is 0. The molecule has 0 amide bonds. The zero-order valence-corrected chi connectivity index (χ0v) is 39.8. The van der Waals surface area contributed by atoms with E-state index in [1.54, 1.807) is 0 Å². The fourth-order valence-corrected chi connectivity index (χ4v) is 24.1. The van der Waals surface area contributed by atoms with E-state index in [0.717, 1.165) is 5.54 Å². The van der Waals surface area contributed by atoms with Gasteiger partial charge in [-0.15, -0.1) is 0 Å². The fourth-order valence-electron chi connectivity index (χ4n) is 9.57. The summed E-state index contributed by atoms with van der Waals surface area (Å²) in [5.74, 6) is 0. The summed E-state index contributed by atoms with van der Waals surface area (Å²) in [7, 11) is -3.73. The SMILES string of the molecule is CCCCCCCCCCCCCCCCCC[Si](CCCCCCCCCCCCCCCCCC)(O[Si](C(C)C)(C(C)C)C(C)C)C(C)C. The van der Waals surface area contributed by atoms with E-state index >= 15 is 0 Å². The Morgan fingerprint density at radius 1 is 0.275 bits per heavy atom. The molecule has 0 bridgehead atoms. The second-order valence-electron chi connectivity index (χ2n) is 18.7. The predicted octanol–water partition coefficient (Wildman–Crippen LogP) is 19.1. The Kier molecular flexibility index (Phi) is 35.1. The van der Waals surface area contributed by atoms with Gasteiger partial charge in [-0.2, -0.15) is 0 Å². The lowest BCUT2D eigenvalue weighted by Crippen LogP contribution is -2.58. The van der Waals surface area contributed by atoms with Crippen molar-refractivity contribution in [2.75, 3.05) is 0 Å². The zero-order valence-electron chi connectivity index (χ0n) is 37.8. The summed E-state index contributed by atoms with van der Waals surface area (Å²) in [5, 5.41) is 0. The fraction of sp³-hybridized carbons (Fsp3) is 1.00. The van der Waals surface area contributed by atoms with Crippen LogP contribution < -0.4 is 0 Å². The molecule has 0 saturated heterocycles. The maximum atomic E-state index is 8.00. The van der Waals surface area contributed by atoms with Gasteiger partial charge in [0.05, 0.1) is 0 Å². The highest BCUT2D eigenvalue weighted by atomic mass is 28.4. The van der Waals surface area contributed by atoms with Gasteiger partial charge in [0, 0.05) is 0 Å². The normalized spacial score (nSPS) is 12.8. The lowest BCUT2D eigenvalue weighted by Gasteiger charge is -2.51. The third-order valence-electron chi connectivity index (χ3n) is 13.0. The van der Waals surface area contributed by atoms with Crippen molar-refractivity contribution in [3.63, 3.8) is 0 Å². The second-order valence-corrected chi connectivity index (χ2v) is 29.0. The minimum atomic E-state index is -1.89. The van der Waals surface area contributed by atoms with Gasteiger partial charge >= 0.3 is 0 Å². The summed E-state index contributed by atoms with van der Waals surface area (Å²) in [5.41, 5.74) is 2.81. The Hall–Kier alpha value is 0.394. The first-order valence-electron chi connectivity index (χ1n) is 24.3. The summed E-state index contributed by atoms with van der Waals surface area (Å²) in [6, 6.07) is 2.84. The first-order valence-corrected chi connectivity index (χ1v) is 28.8. The molecule has 0 aliphatic carbocycles. The van der Waals surface area contributed by atoms with Crippen molar-refractivity contribution in [1.82, 2.24) is 0 Å². The van der Waals surface area contributed by atoms with Crippen LogP contribution in [-0.2, 0) is 4.12 Å². The molecule has 0 aromatic carbocycles. The molecule has 0 saturated carbocycles. The van der Waals surface area contributed by atoms with Crippen LogP contribution in [0.2, 0.25) is 34.3 Å². The lowest BCUT2D eigenvalue weighted by molar-refractivity contribution is 0.438. The molecule has 0 fully saturated rings. The lowest BCUT2D eigenvalue weighted by atomic mass is 10.0. The van der Waals surface area contributed by atoms with Crippen molar-refractivity contribution >= 4 is 16.6 Å². The molecule has 1 nitrogen and oxygen atoms in total. The Balaban J connectivity index is 4.64. The van der Waals surface area contributed by atoms with Gasteiger partial charge in [0.15, 0.2) is 16.6 Å². The van der Waals surface area contributed by atoms with Crippen molar-refractivity contribution in [2.24, 2.45) is 0 Å². The van der Waals surface area contributed by atoms with Crippen molar-refractivity contribution in [2.45, 2.75) is 309 Å². The highest BCUT2D eigenvalue weighted by molar-refractivity contribution is 6.89. The van der Waals surface area contributed by atoms with Gasteiger partial charge in [0.2, 0.25) is 0 Å². The van der Waals surface area contributed by atoms with Crippen molar-refractivity contribution < 1.29 is 4.12 Å². The average Bonchev–Trinajstić information content (AvgIpc) is 3.09. The number of hydrogen-bond donors (Lipinski definition) is 0. The van der Waals surface area contributed by atoms with E-state index in [1.165, 1.54) is 218 Å². The third kappa shape index (κ3) is 25.2. The molecule has 3 heteroatoms. The summed E-state index contributed by atoms with van der Waals surface area (Å²) in [6.07, 6.45) is 46.5. The number of hydrogen-bond acceptors (Lipinski definition) is 1. The van der Waals surface area contributed by atoms with Gasteiger partial charge < -0.3 is 4.12 Å². The van der Waals surface area contributed by atoms with Gasteiger partial charge in [-0.25, -0.2) is 0 Å². The summed E-state index contributed by atoms with van der Waals surface area (Å²) in [6.45, 7) is 24.8. The van der Waals surface area contributed by atoms with E-state index in [4.69, 9.17) is 4.12 Å². The van der Waals surface area contributed by atoms with Crippen LogP contribution in [0, 0.1) is 0 Å². The van der Waals surface area contributed by atoms with Gasteiger partial charge in [-0.3, -0.25) is 0 Å². The Labute approximate surface area is 328 Å². The zero-order chi connectivity index (χ0) is 38.1. The van der Waals surface area contributed by atoms with E-state index < -0.39 is 16.6 Å². The summed E-state index contributed by atoms with van der Waals surface area (Å²) >= 11 is 0. The van der Waals surface area contributed by atoms with E-state index in [2.05, 4.69) is 69.2 Å². The molecule has 0 aromatic heterocycles. The maximum Gasteiger partial charge on any atom is 0.187 e. The molecule has 0 N–H and O–H groups in total. The quantitative estimate of drug-likeness (QED) is 0.0448. The number of rotatable bonds is 40. The van der Waals surface area contributed by atoms with Crippen LogP contribution in [0.15, 0.2) is 0 Å². The Morgan fingerprint density at radius 2 is 0.471 bits per heavy atom. The minimum absolute atomic E-state index is 0.694. The third-order valence-corrected chi connectivity index (χ3v) is 26.0. The molecule has 0 unspecified atom stereocenters. The van der Waals surface area contributed by atoms with E-state index in [1.807, 2.05) is 0 Å². The molecule has 0 aliphatic heterocycles. The van der Waals surface area contributed by atoms with Crippen molar-refractivity contribution in [3.8, 4) is 0 Å². The standard InChI is InChI=1S/C48H102OSi2/c1-11-13-15-17-19-21-23-25-27-29-31-33-35-37-39-41-43-50(45(3)4,49-51(46(5)6,47(7)8)48(9)10)44-42-40-38-36-34-32-30-28-26-24-22-20-18-16-14-12-2/h45-48H,11-44H2,1-10H3. The van der Waals surface area contributed by atoms with E-state index in [9.17, 15) is 0 Å². The monoisotopic (exact) mass is 751 g/mol. The van der Waals surface area contributed by atoms with E-state index in [-0.39, 0.29) is 0 Å². The van der Waals surface area contributed by atoms with Gasteiger partial charge in [0.1, 0.15) is 0 Å². The highest BCUT2D eigenvalue weighted by Crippen LogP contribution is 2.48. The summed E-state index contributed by atoms with van der Waals surface area (Å²) < 4.78 is 8.00. The molecule has 0 aliphatic rings. The van der Waals surface area contributed by atoms with Crippen LogP contribution in [0.3, 0.4) is 0 Å². The molecular weight excluding hydrogens is 649 g/mol. The average molecular weight is 752 g/mol. The van der Waals surface area contributed by atoms with Crippen LogP contribution in [0.5, 0.6) is 0 Å². The van der Waals surface area contributed by atoms with Crippen LogP contribution in [0.4, 0.5) is 0 Å². The smallest absolute Gasteiger partial charge is 0.187 e. The number of unbranched alkanes of at least 4 members (excludes halogenated alkanes) is 30. The van der Waals surface area contributed by atoms with E-state index in [0.29, 0.717) is 16.6 Å². The van der Waals surface area contributed by atoms with Gasteiger partial charge in [-0.1, -0.05) is 275 Å². The van der Waals surface area contributed by atoms with Crippen LogP contribution in [-0.4, -0.2) is 16.6 Å². The molecular formula is C48H102OSi2. The predicted molar refractivity (Wildman–Crippen MR) is 242 cm³/mol. The maximum absolute atomic E-state index is 8.00. The van der Waals surface area contributed by atoms with Gasteiger partial charge in [0.25, 0.3) is 0 Å². The molecule has 0 heterocycles. The van der Waals surface area contributed by atoms with Crippen LogP contribution in [0.25, 0.3) is 0 Å². The molecule has 0 atom stereocenters. The minimum Gasteiger partial charge on any atom is -0.454 e. The Morgan fingerprint density at radius 3 is 0.647 bits per heavy atom. The van der Waals surface area contributed by atoms with Crippen LogP contribution in [0.1, 0.15) is 275 Å². The van der Waals surface area contributed by atoms with Crippen molar-refractivity contribution in [3.05, 3.63) is 0 Å². The molecule has 0 spiro atoms. The largest absolute Gasteiger partial charge is 0.454 e. The molecule has 0 radical (unpaired) electrons. The molecule has 308 valence electrons. The molecule has 0 rings (SSSR count). The second kappa shape index (κ2) is 34.9. The first kappa shape index (κ1) is 51.4. The Bertz CT molecular complexity index is 644. The topological polar surface area (TPSA) is 9.23 Å². The molecule has 0 aromatic rings. The van der Waals surface area contributed by atoms with Crippen molar-refractivity contribution in [1.29, 1.82) is 0 Å². The van der Waals surface area contributed by atoms with Crippen LogP contribution >= 0.6 is 0 Å².